The molecule has 4 nitrogen and oxygen atoms in total. The number of nitrogens with zero attached hydrogens (tertiary/aromatic N) is 1. The van der Waals surface area contributed by atoms with Crippen molar-refractivity contribution in [1.29, 1.82) is 0 Å². The molecular weight excluding hydrogens is 228 g/mol. The summed E-state index contributed by atoms with van der Waals surface area (Å²) >= 11 is 0. The van der Waals surface area contributed by atoms with Crippen LogP contribution >= 0.6 is 0 Å². The fourth-order valence-electron chi connectivity index (χ4n) is 3.66. The van der Waals surface area contributed by atoms with Crippen molar-refractivity contribution in [3.05, 3.63) is 0 Å². The molecule has 0 amide bonds. The van der Waals surface area contributed by atoms with Gasteiger partial charge in [0.1, 0.15) is 0 Å². The van der Waals surface area contributed by atoms with Gasteiger partial charge in [0.2, 0.25) is 0 Å². The number of hydrogen-bond donors (Lipinski definition) is 1. The lowest BCUT2D eigenvalue weighted by Crippen LogP contribution is -2.68. The lowest BCUT2D eigenvalue weighted by atomic mass is 9.70. The van der Waals surface area contributed by atoms with E-state index >= 15 is 0 Å². The molecule has 1 N–H and O–H groups in total. The monoisotopic (exact) mass is 256 g/mol. The third kappa shape index (κ3) is 2.57. The van der Waals surface area contributed by atoms with Gasteiger partial charge < -0.3 is 14.8 Å². The average Bonchev–Trinajstić information content (AvgIpc) is 2.26. The molecule has 0 aliphatic heterocycles. The third-order valence-corrected chi connectivity index (χ3v) is 4.96. The van der Waals surface area contributed by atoms with Crippen molar-refractivity contribution < 1.29 is 9.47 Å². The quantitative estimate of drug-likeness (QED) is 0.697. The highest BCUT2D eigenvalue weighted by Gasteiger charge is 2.49. The summed E-state index contributed by atoms with van der Waals surface area (Å²) in [6.07, 6.45) is 4.98. The van der Waals surface area contributed by atoms with Crippen LogP contribution in [0.15, 0.2) is 0 Å². The Balaban J connectivity index is 1.80. The maximum absolute atomic E-state index is 5.25. The largest absolute Gasteiger partial charge is 0.384 e. The van der Waals surface area contributed by atoms with E-state index in [1.54, 1.807) is 14.2 Å². The molecule has 0 unspecified atom stereocenters. The first-order valence-corrected chi connectivity index (χ1v) is 7.05. The van der Waals surface area contributed by atoms with Crippen molar-refractivity contribution in [1.82, 2.24) is 10.2 Å². The van der Waals surface area contributed by atoms with Crippen LogP contribution in [0.5, 0.6) is 0 Å². The fourth-order valence-corrected chi connectivity index (χ4v) is 3.66. The smallest absolute Gasteiger partial charge is 0.0717 e. The summed E-state index contributed by atoms with van der Waals surface area (Å²) in [6, 6.07) is 0.723. The van der Waals surface area contributed by atoms with Crippen molar-refractivity contribution in [2.45, 2.75) is 37.4 Å². The molecular formula is C14H28N2O2. The molecule has 2 aliphatic carbocycles. The second-order valence-corrected chi connectivity index (χ2v) is 6.07. The van der Waals surface area contributed by atoms with E-state index in [-0.39, 0.29) is 5.66 Å². The van der Waals surface area contributed by atoms with Crippen LogP contribution in [0.1, 0.15) is 25.7 Å². The van der Waals surface area contributed by atoms with Gasteiger partial charge >= 0.3 is 0 Å². The van der Waals surface area contributed by atoms with Crippen LogP contribution in [0.2, 0.25) is 0 Å². The lowest BCUT2D eigenvalue weighted by Gasteiger charge is -2.58. The first kappa shape index (κ1) is 14.3. The number of methoxy groups -OCH3 is 2. The van der Waals surface area contributed by atoms with Crippen molar-refractivity contribution in [2.75, 3.05) is 41.5 Å². The molecule has 0 radical (unpaired) electrons. The van der Waals surface area contributed by atoms with Crippen LogP contribution in [-0.2, 0) is 9.47 Å². The summed E-state index contributed by atoms with van der Waals surface area (Å²) < 4.78 is 10.5. The highest BCUT2D eigenvalue weighted by Crippen LogP contribution is 2.44. The third-order valence-electron chi connectivity index (χ3n) is 4.96. The number of rotatable bonds is 7. The molecule has 0 bridgehead atoms. The number of nitrogens with one attached hydrogen (secondary N) is 1. The molecule has 0 spiro atoms. The molecule has 0 aromatic heterocycles. The minimum Gasteiger partial charge on any atom is -0.384 e. The summed E-state index contributed by atoms with van der Waals surface area (Å²) in [7, 11) is 7.95. The topological polar surface area (TPSA) is 33.7 Å². The Hall–Kier alpha value is -0.160. The Bertz CT molecular complexity index is 261. The van der Waals surface area contributed by atoms with E-state index in [1.807, 2.05) is 0 Å². The van der Waals surface area contributed by atoms with Crippen molar-refractivity contribution in [3.8, 4) is 0 Å². The maximum atomic E-state index is 5.25. The number of hydrogen-bond acceptors (Lipinski definition) is 4. The molecule has 0 atom stereocenters. The van der Waals surface area contributed by atoms with Crippen molar-refractivity contribution >= 4 is 0 Å². The van der Waals surface area contributed by atoms with Crippen LogP contribution in [0.25, 0.3) is 0 Å². The summed E-state index contributed by atoms with van der Waals surface area (Å²) in [5, 5.41) is 3.54. The molecule has 18 heavy (non-hydrogen) atoms. The predicted molar refractivity (Wildman–Crippen MR) is 72.5 cm³/mol. The molecule has 2 fully saturated rings. The van der Waals surface area contributed by atoms with Gasteiger partial charge in [-0.15, -0.1) is 0 Å². The van der Waals surface area contributed by atoms with Gasteiger partial charge in [0.05, 0.1) is 5.66 Å². The standard InChI is InChI=1S/C14H28N2O2/c1-15-14(7-12(8-14)10-18-4)16(2)13-5-11(6-13)9-17-3/h11-13,15H,5-10H2,1-4H3. The van der Waals surface area contributed by atoms with E-state index in [2.05, 4.69) is 24.3 Å². The van der Waals surface area contributed by atoms with E-state index < -0.39 is 0 Å². The van der Waals surface area contributed by atoms with Gasteiger partial charge in [-0.25, -0.2) is 0 Å². The molecule has 2 aliphatic rings. The van der Waals surface area contributed by atoms with E-state index in [0.717, 1.165) is 31.1 Å². The molecule has 2 rings (SSSR count). The minimum absolute atomic E-state index is 0.214. The normalized spacial score (nSPS) is 39.5. The Morgan fingerprint density at radius 2 is 1.67 bits per heavy atom. The van der Waals surface area contributed by atoms with Crippen LogP contribution < -0.4 is 5.32 Å². The van der Waals surface area contributed by atoms with Crippen molar-refractivity contribution in [3.63, 3.8) is 0 Å². The highest BCUT2D eigenvalue weighted by atomic mass is 16.5. The summed E-state index contributed by atoms with van der Waals surface area (Å²) in [5.74, 6) is 1.49. The van der Waals surface area contributed by atoms with Gasteiger partial charge in [0.25, 0.3) is 0 Å². The Morgan fingerprint density at radius 1 is 1.11 bits per heavy atom. The summed E-state index contributed by atoms with van der Waals surface area (Å²) in [6.45, 7) is 1.82. The van der Waals surface area contributed by atoms with Crippen LogP contribution in [-0.4, -0.2) is 58.1 Å². The van der Waals surface area contributed by atoms with E-state index in [4.69, 9.17) is 9.47 Å². The van der Waals surface area contributed by atoms with Crippen molar-refractivity contribution in [2.24, 2.45) is 11.8 Å². The second-order valence-electron chi connectivity index (χ2n) is 6.07. The SMILES string of the molecule is CNC1(N(C)C2CC(COC)C2)CC(COC)C1. The second kappa shape index (κ2) is 5.87. The van der Waals surface area contributed by atoms with Gasteiger partial charge in [-0.1, -0.05) is 0 Å². The zero-order valence-electron chi connectivity index (χ0n) is 12.2. The molecule has 0 saturated heterocycles. The molecule has 0 heterocycles. The molecule has 0 aromatic rings. The molecule has 4 heteroatoms. The Labute approximate surface area is 111 Å². The van der Waals surface area contributed by atoms with Crippen LogP contribution in [0, 0.1) is 11.8 Å². The molecule has 106 valence electrons. The van der Waals surface area contributed by atoms with Gasteiger partial charge in [-0.2, -0.15) is 0 Å². The number of ether oxygens (including phenoxy) is 2. The lowest BCUT2D eigenvalue weighted by molar-refractivity contribution is -0.103. The van der Waals surface area contributed by atoms with E-state index in [9.17, 15) is 0 Å². The molecule has 2 saturated carbocycles. The first-order chi connectivity index (χ1) is 8.65. The fraction of sp³-hybridized carbons (Fsp3) is 1.00. The van der Waals surface area contributed by atoms with Gasteiger partial charge in [-0.3, -0.25) is 4.90 Å². The highest BCUT2D eigenvalue weighted by molar-refractivity contribution is 5.02. The average molecular weight is 256 g/mol. The summed E-state index contributed by atoms with van der Waals surface area (Å²) in [4.78, 5) is 2.56. The molecule has 0 aromatic carbocycles. The maximum Gasteiger partial charge on any atom is 0.0717 e. The Kier molecular flexibility index (Phi) is 4.64. The zero-order chi connectivity index (χ0) is 13.2. The van der Waals surface area contributed by atoms with Gasteiger partial charge in [-0.05, 0) is 51.6 Å². The minimum atomic E-state index is 0.214. The van der Waals surface area contributed by atoms with E-state index in [0.29, 0.717) is 0 Å². The van der Waals surface area contributed by atoms with E-state index in [1.165, 1.54) is 25.7 Å². The first-order valence-electron chi connectivity index (χ1n) is 7.05. The predicted octanol–water partition coefficient (Wildman–Crippen LogP) is 1.32. The Morgan fingerprint density at radius 3 is 2.17 bits per heavy atom. The van der Waals surface area contributed by atoms with Gasteiger partial charge in [0, 0.05) is 33.5 Å². The van der Waals surface area contributed by atoms with Crippen LogP contribution in [0.4, 0.5) is 0 Å². The van der Waals surface area contributed by atoms with Crippen LogP contribution in [0.3, 0.4) is 0 Å². The summed E-state index contributed by atoms with van der Waals surface area (Å²) in [5.41, 5.74) is 0.214. The van der Waals surface area contributed by atoms with Gasteiger partial charge in [0.15, 0.2) is 0 Å². The zero-order valence-corrected chi connectivity index (χ0v) is 12.2.